The Balaban J connectivity index is 1.37. The van der Waals surface area contributed by atoms with E-state index in [0.717, 1.165) is 27.6 Å². The van der Waals surface area contributed by atoms with E-state index in [4.69, 9.17) is 4.74 Å². The first-order chi connectivity index (χ1) is 13.7. The molecule has 3 rings (SSSR count). The number of hydrogen-bond donors (Lipinski definition) is 1. The van der Waals surface area contributed by atoms with Crippen LogP contribution < -0.4 is 10.1 Å². The highest BCUT2D eigenvalue weighted by molar-refractivity contribution is 7.98. The van der Waals surface area contributed by atoms with E-state index < -0.39 is 0 Å². The molecule has 3 aromatic rings. The molecule has 2 aromatic carbocycles. The van der Waals surface area contributed by atoms with Gasteiger partial charge in [0.1, 0.15) is 5.75 Å². The van der Waals surface area contributed by atoms with Gasteiger partial charge in [-0.1, -0.05) is 24.3 Å². The Morgan fingerprint density at radius 2 is 1.89 bits per heavy atom. The highest BCUT2D eigenvalue weighted by Crippen LogP contribution is 2.24. The number of carbonyl (C=O) groups is 1. The molecule has 0 bridgehead atoms. The number of nitrogens with one attached hydrogen (secondary N) is 1. The molecule has 0 unspecified atom stereocenters. The number of para-hydroxylation sites is 1. The number of pyridine rings is 1. The predicted molar refractivity (Wildman–Crippen MR) is 115 cm³/mol. The number of aromatic nitrogens is 1. The van der Waals surface area contributed by atoms with E-state index in [1.807, 2.05) is 67.7 Å². The van der Waals surface area contributed by atoms with Crippen molar-refractivity contribution in [2.75, 3.05) is 11.9 Å². The molecular formula is C23H24N2O2S. The Morgan fingerprint density at radius 1 is 1.07 bits per heavy atom. The molecular weight excluding hydrogens is 368 g/mol. The van der Waals surface area contributed by atoms with Crippen molar-refractivity contribution >= 4 is 23.4 Å². The van der Waals surface area contributed by atoms with Gasteiger partial charge in [-0.25, -0.2) is 0 Å². The summed E-state index contributed by atoms with van der Waals surface area (Å²) in [6.45, 7) is 2.54. The summed E-state index contributed by atoms with van der Waals surface area (Å²) >= 11 is 1.75. The molecule has 28 heavy (non-hydrogen) atoms. The second-order valence-electron chi connectivity index (χ2n) is 6.44. The first-order valence-electron chi connectivity index (χ1n) is 9.31. The molecule has 1 heterocycles. The summed E-state index contributed by atoms with van der Waals surface area (Å²) < 4.78 is 5.73. The molecule has 0 fully saturated rings. The number of anilines is 1. The van der Waals surface area contributed by atoms with Crippen molar-refractivity contribution in [2.45, 2.75) is 30.4 Å². The first-order valence-corrected chi connectivity index (χ1v) is 10.3. The molecule has 0 aliphatic heterocycles. The van der Waals surface area contributed by atoms with Crippen LogP contribution in [0.25, 0.3) is 0 Å². The molecule has 1 amide bonds. The Labute approximate surface area is 170 Å². The van der Waals surface area contributed by atoms with Crippen LogP contribution in [0.3, 0.4) is 0 Å². The minimum absolute atomic E-state index is 0.00384. The van der Waals surface area contributed by atoms with E-state index >= 15 is 0 Å². The number of benzene rings is 2. The van der Waals surface area contributed by atoms with Crippen LogP contribution in [-0.2, 0) is 10.5 Å². The fraction of sp³-hybridized carbons (Fsp3) is 0.217. The van der Waals surface area contributed by atoms with Crippen LogP contribution in [0.5, 0.6) is 5.75 Å². The van der Waals surface area contributed by atoms with Gasteiger partial charge in [-0.2, -0.15) is 0 Å². The summed E-state index contributed by atoms with van der Waals surface area (Å²) in [7, 11) is 0. The zero-order valence-corrected chi connectivity index (χ0v) is 16.7. The fourth-order valence-electron chi connectivity index (χ4n) is 2.64. The molecule has 0 saturated heterocycles. The number of rotatable bonds is 9. The molecule has 5 heteroatoms. The minimum Gasteiger partial charge on any atom is -0.493 e. The van der Waals surface area contributed by atoms with Crippen molar-refractivity contribution < 1.29 is 9.53 Å². The van der Waals surface area contributed by atoms with Crippen molar-refractivity contribution in [3.63, 3.8) is 0 Å². The molecule has 1 N–H and O–H groups in total. The van der Waals surface area contributed by atoms with Gasteiger partial charge in [0.05, 0.1) is 6.61 Å². The Kier molecular flexibility index (Phi) is 7.50. The molecule has 144 valence electrons. The Bertz CT molecular complexity index is 883. The number of amides is 1. The lowest BCUT2D eigenvalue weighted by molar-refractivity contribution is -0.116. The number of ether oxygens (including phenoxy) is 1. The van der Waals surface area contributed by atoms with Gasteiger partial charge >= 0.3 is 0 Å². The third-order valence-electron chi connectivity index (χ3n) is 4.17. The smallest absolute Gasteiger partial charge is 0.224 e. The summed E-state index contributed by atoms with van der Waals surface area (Å²) in [5.41, 5.74) is 3.11. The third-order valence-corrected chi connectivity index (χ3v) is 5.25. The van der Waals surface area contributed by atoms with E-state index in [1.165, 1.54) is 5.56 Å². The van der Waals surface area contributed by atoms with Crippen LogP contribution in [0.2, 0.25) is 0 Å². The van der Waals surface area contributed by atoms with Gasteiger partial charge in [0.15, 0.2) is 0 Å². The second-order valence-corrected chi connectivity index (χ2v) is 7.49. The highest BCUT2D eigenvalue weighted by Gasteiger charge is 2.04. The normalized spacial score (nSPS) is 10.5. The van der Waals surface area contributed by atoms with E-state index in [1.54, 1.807) is 18.0 Å². The second kappa shape index (κ2) is 10.5. The zero-order valence-electron chi connectivity index (χ0n) is 15.9. The third kappa shape index (κ3) is 6.43. The molecule has 0 aliphatic carbocycles. The molecule has 0 saturated carbocycles. The van der Waals surface area contributed by atoms with Gasteiger partial charge in [-0.3, -0.25) is 9.78 Å². The van der Waals surface area contributed by atoms with E-state index in [9.17, 15) is 4.79 Å². The maximum atomic E-state index is 12.1. The lowest BCUT2D eigenvalue weighted by Crippen LogP contribution is -2.12. The SMILES string of the molecule is Cc1ccccc1OCCCC(=O)Nc1ccc(SCc2cccnc2)cc1. The maximum absolute atomic E-state index is 12.1. The zero-order chi connectivity index (χ0) is 19.6. The minimum atomic E-state index is 0.00384. The van der Waals surface area contributed by atoms with Crippen molar-refractivity contribution in [3.05, 3.63) is 84.2 Å². The summed E-state index contributed by atoms with van der Waals surface area (Å²) in [4.78, 5) is 17.4. The molecule has 1 aromatic heterocycles. The number of hydrogen-bond acceptors (Lipinski definition) is 4. The summed E-state index contributed by atoms with van der Waals surface area (Å²) in [6, 6.07) is 19.8. The summed E-state index contributed by atoms with van der Waals surface area (Å²) in [5, 5.41) is 2.94. The standard InChI is InChI=1S/C23H24N2O2S/c1-18-6-2-3-8-22(18)27-15-5-9-23(26)25-20-10-12-21(13-11-20)28-17-19-7-4-14-24-16-19/h2-4,6-8,10-14,16H,5,9,15,17H2,1H3,(H,25,26). The molecule has 4 nitrogen and oxygen atoms in total. The van der Waals surface area contributed by atoms with Crippen LogP contribution in [0.1, 0.15) is 24.0 Å². The maximum Gasteiger partial charge on any atom is 0.224 e. The Hall–Kier alpha value is -2.79. The van der Waals surface area contributed by atoms with Crippen molar-refractivity contribution in [3.8, 4) is 5.75 Å². The predicted octanol–water partition coefficient (Wildman–Crippen LogP) is 5.48. The molecule has 0 atom stereocenters. The monoisotopic (exact) mass is 392 g/mol. The van der Waals surface area contributed by atoms with Crippen LogP contribution in [-0.4, -0.2) is 17.5 Å². The van der Waals surface area contributed by atoms with Gasteiger partial charge in [0, 0.05) is 35.2 Å². The van der Waals surface area contributed by atoms with E-state index in [-0.39, 0.29) is 5.91 Å². The van der Waals surface area contributed by atoms with Gasteiger partial charge < -0.3 is 10.1 Å². The number of aryl methyl sites for hydroxylation is 1. The van der Waals surface area contributed by atoms with Crippen LogP contribution in [0.15, 0.2) is 78.0 Å². The van der Waals surface area contributed by atoms with E-state index in [2.05, 4.69) is 16.4 Å². The number of carbonyl (C=O) groups excluding carboxylic acids is 1. The average Bonchev–Trinajstić information content (AvgIpc) is 2.73. The molecule has 0 spiro atoms. The topological polar surface area (TPSA) is 51.2 Å². The Morgan fingerprint density at radius 3 is 2.64 bits per heavy atom. The van der Waals surface area contributed by atoms with Crippen molar-refractivity contribution in [1.82, 2.24) is 4.98 Å². The quantitative estimate of drug-likeness (QED) is 0.387. The van der Waals surface area contributed by atoms with Crippen LogP contribution >= 0.6 is 11.8 Å². The van der Waals surface area contributed by atoms with Crippen molar-refractivity contribution in [2.24, 2.45) is 0 Å². The average molecular weight is 393 g/mol. The van der Waals surface area contributed by atoms with Gasteiger partial charge in [-0.15, -0.1) is 11.8 Å². The van der Waals surface area contributed by atoms with Gasteiger partial charge in [-0.05, 0) is 60.9 Å². The first kappa shape index (κ1) is 20.0. The van der Waals surface area contributed by atoms with E-state index in [0.29, 0.717) is 19.4 Å². The van der Waals surface area contributed by atoms with Gasteiger partial charge in [0.2, 0.25) is 5.91 Å². The van der Waals surface area contributed by atoms with Crippen LogP contribution in [0.4, 0.5) is 5.69 Å². The number of nitrogens with zero attached hydrogens (tertiary/aromatic N) is 1. The highest BCUT2D eigenvalue weighted by atomic mass is 32.2. The van der Waals surface area contributed by atoms with Crippen LogP contribution in [0, 0.1) is 6.92 Å². The summed E-state index contributed by atoms with van der Waals surface area (Å²) in [5.74, 6) is 1.76. The number of thioether (sulfide) groups is 1. The van der Waals surface area contributed by atoms with Crippen molar-refractivity contribution in [1.29, 1.82) is 0 Å². The fourth-order valence-corrected chi connectivity index (χ4v) is 3.47. The van der Waals surface area contributed by atoms with Gasteiger partial charge in [0.25, 0.3) is 0 Å². The lowest BCUT2D eigenvalue weighted by Gasteiger charge is -2.09. The molecule has 0 aliphatic rings. The summed E-state index contributed by atoms with van der Waals surface area (Å²) in [6.07, 6.45) is 4.77. The molecule has 0 radical (unpaired) electrons. The largest absolute Gasteiger partial charge is 0.493 e. The lowest BCUT2D eigenvalue weighted by atomic mass is 10.2.